The summed E-state index contributed by atoms with van der Waals surface area (Å²) >= 11 is 5.73. The molecule has 0 heterocycles. The van der Waals surface area contributed by atoms with Crippen LogP contribution in [0.25, 0.3) is 0 Å². The van der Waals surface area contributed by atoms with Crippen LogP contribution in [0.3, 0.4) is 0 Å². The lowest BCUT2D eigenvalue weighted by Crippen LogP contribution is -2.22. The van der Waals surface area contributed by atoms with Crippen molar-refractivity contribution in [1.82, 2.24) is 5.32 Å². The first kappa shape index (κ1) is 12.6. The van der Waals surface area contributed by atoms with Gasteiger partial charge in [-0.1, -0.05) is 23.7 Å². The predicted molar refractivity (Wildman–Crippen MR) is 69.0 cm³/mol. The summed E-state index contributed by atoms with van der Waals surface area (Å²) in [5, 5.41) is 3.29. The summed E-state index contributed by atoms with van der Waals surface area (Å²) in [4.78, 5) is 11.8. The molecule has 0 aliphatic carbocycles. The first-order chi connectivity index (χ1) is 8.65. The molecule has 2 aromatic rings. The molecule has 2 rings (SSSR count). The number of rotatable bonds is 3. The fraction of sp³-hybridized carbons (Fsp3) is 0.0714. The van der Waals surface area contributed by atoms with E-state index < -0.39 is 0 Å². The second kappa shape index (κ2) is 5.65. The third-order valence-electron chi connectivity index (χ3n) is 2.45. The average molecular weight is 264 g/mol. The van der Waals surface area contributed by atoms with Gasteiger partial charge in [-0.05, 0) is 42.0 Å². The summed E-state index contributed by atoms with van der Waals surface area (Å²) < 4.78 is 12.9. The maximum atomic E-state index is 12.9. The van der Waals surface area contributed by atoms with Crippen molar-refractivity contribution in [2.24, 2.45) is 0 Å². The Kier molecular flexibility index (Phi) is 3.95. The van der Waals surface area contributed by atoms with Gasteiger partial charge in [-0.25, -0.2) is 4.39 Å². The van der Waals surface area contributed by atoms with Gasteiger partial charge >= 0.3 is 0 Å². The minimum atomic E-state index is -0.312. The Labute approximate surface area is 109 Å². The van der Waals surface area contributed by atoms with Crippen LogP contribution in [0.1, 0.15) is 15.9 Å². The summed E-state index contributed by atoms with van der Waals surface area (Å²) in [7, 11) is 0. The molecule has 2 nitrogen and oxygen atoms in total. The molecule has 1 N–H and O–H groups in total. The lowest BCUT2D eigenvalue weighted by Gasteiger charge is -2.05. The summed E-state index contributed by atoms with van der Waals surface area (Å²) in [5.41, 5.74) is 1.24. The normalized spacial score (nSPS) is 10.1. The molecule has 2 aromatic carbocycles. The number of halogens is 2. The van der Waals surface area contributed by atoms with Gasteiger partial charge in [-0.15, -0.1) is 0 Å². The lowest BCUT2D eigenvalue weighted by atomic mass is 10.2. The summed E-state index contributed by atoms with van der Waals surface area (Å²) in [6.45, 7) is 0.291. The molecular weight excluding hydrogens is 253 g/mol. The van der Waals surface area contributed by atoms with Crippen molar-refractivity contribution in [3.63, 3.8) is 0 Å². The topological polar surface area (TPSA) is 29.1 Å². The van der Waals surface area contributed by atoms with Gasteiger partial charge in [0.15, 0.2) is 0 Å². The van der Waals surface area contributed by atoms with Crippen molar-refractivity contribution < 1.29 is 9.18 Å². The van der Waals surface area contributed by atoms with E-state index in [1.165, 1.54) is 12.1 Å². The van der Waals surface area contributed by atoms with Gasteiger partial charge < -0.3 is 5.32 Å². The highest BCUT2D eigenvalue weighted by Gasteiger charge is 2.04. The molecule has 0 atom stereocenters. The fourth-order valence-electron chi connectivity index (χ4n) is 1.53. The van der Waals surface area contributed by atoms with E-state index in [0.717, 1.165) is 5.56 Å². The van der Waals surface area contributed by atoms with Crippen LogP contribution in [-0.2, 0) is 6.54 Å². The molecule has 0 aliphatic heterocycles. The highest BCUT2D eigenvalue weighted by Crippen LogP contribution is 2.09. The standard InChI is InChI=1S/C14H11ClFNO/c15-12-6-4-11(5-7-12)14(18)17-9-10-2-1-3-13(16)8-10/h1-8H,9H2,(H,17,18). The summed E-state index contributed by atoms with van der Waals surface area (Å²) in [5.74, 6) is -0.524. The number of nitrogens with one attached hydrogen (secondary N) is 1. The molecule has 0 aliphatic rings. The van der Waals surface area contributed by atoms with E-state index in [0.29, 0.717) is 17.1 Å². The molecule has 0 fully saturated rings. The minimum Gasteiger partial charge on any atom is -0.348 e. The van der Waals surface area contributed by atoms with Crippen LogP contribution in [0, 0.1) is 5.82 Å². The SMILES string of the molecule is O=C(NCc1cccc(F)c1)c1ccc(Cl)cc1. The van der Waals surface area contributed by atoms with E-state index in [9.17, 15) is 9.18 Å². The fourth-order valence-corrected chi connectivity index (χ4v) is 1.66. The number of hydrogen-bond acceptors (Lipinski definition) is 1. The number of amides is 1. The quantitative estimate of drug-likeness (QED) is 0.903. The molecular formula is C14H11ClFNO. The highest BCUT2D eigenvalue weighted by molar-refractivity contribution is 6.30. The van der Waals surface area contributed by atoms with Crippen LogP contribution in [0.15, 0.2) is 48.5 Å². The first-order valence-corrected chi connectivity index (χ1v) is 5.81. The van der Waals surface area contributed by atoms with Gasteiger partial charge in [0, 0.05) is 17.1 Å². The zero-order valence-corrected chi connectivity index (χ0v) is 10.2. The maximum Gasteiger partial charge on any atom is 0.251 e. The van der Waals surface area contributed by atoms with E-state index >= 15 is 0 Å². The molecule has 0 saturated heterocycles. The van der Waals surface area contributed by atoms with E-state index in [-0.39, 0.29) is 11.7 Å². The molecule has 0 unspecified atom stereocenters. The van der Waals surface area contributed by atoms with Crippen LogP contribution in [0.4, 0.5) is 4.39 Å². The molecule has 0 radical (unpaired) electrons. The number of hydrogen-bond donors (Lipinski definition) is 1. The van der Waals surface area contributed by atoms with E-state index in [2.05, 4.69) is 5.32 Å². The Bertz CT molecular complexity index is 554. The van der Waals surface area contributed by atoms with Gasteiger partial charge in [-0.3, -0.25) is 4.79 Å². The van der Waals surface area contributed by atoms with Crippen LogP contribution in [0.5, 0.6) is 0 Å². The van der Waals surface area contributed by atoms with Crippen molar-refractivity contribution in [2.45, 2.75) is 6.54 Å². The van der Waals surface area contributed by atoms with Gasteiger partial charge in [0.1, 0.15) is 5.82 Å². The Morgan fingerprint density at radius 2 is 1.89 bits per heavy atom. The smallest absolute Gasteiger partial charge is 0.251 e. The van der Waals surface area contributed by atoms with Crippen LogP contribution in [-0.4, -0.2) is 5.91 Å². The van der Waals surface area contributed by atoms with Gasteiger partial charge in [0.05, 0.1) is 0 Å². The second-order valence-corrected chi connectivity index (χ2v) is 4.26. The average Bonchev–Trinajstić information content (AvgIpc) is 2.37. The molecule has 0 bridgehead atoms. The minimum absolute atomic E-state index is 0.212. The molecule has 4 heteroatoms. The van der Waals surface area contributed by atoms with Crippen molar-refractivity contribution in [2.75, 3.05) is 0 Å². The number of carbonyl (C=O) groups is 1. The Balaban J connectivity index is 1.98. The maximum absolute atomic E-state index is 12.9. The number of benzene rings is 2. The van der Waals surface area contributed by atoms with E-state index in [1.54, 1.807) is 36.4 Å². The zero-order chi connectivity index (χ0) is 13.0. The Morgan fingerprint density at radius 1 is 1.17 bits per heavy atom. The Hall–Kier alpha value is -1.87. The summed E-state index contributed by atoms with van der Waals surface area (Å²) in [6.07, 6.45) is 0. The van der Waals surface area contributed by atoms with Crippen molar-refractivity contribution in [1.29, 1.82) is 0 Å². The molecule has 0 spiro atoms. The van der Waals surface area contributed by atoms with Gasteiger partial charge in [0.2, 0.25) is 0 Å². The van der Waals surface area contributed by atoms with Gasteiger partial charge in [-0.2, -0.15) is 0 Å². The lowest BCUT2D eigenvalue weighted by molar-refractivity contribution is 0.0951. The first-order valence-electron chi connectivity index (χ1n) is 5.43. The molecule has 0 aromatic heterocycles. The third kappa shape index (κ3) is 3.31. The van der Waals surface area contributed by atoms with Crippen molar-refractivity contribution in [3.8, 4) is 0 Å². The zero-order valence-electron chi connectivity index (χ0n) is 9.49. The molecule has 1 amide bonds. The van der Waals surface area contributed by atoms with Crippen LogP contribution >= 0.6 is 11.6 Å². The third-order valence-corrected chi connectivity index (χ3v) is 2.70. The molecule has 18 heavy (non-hydrogen) atoms. The van der Waals surface area contributed by atoms with Crippen molar-refractivity contribution in [3.05, 3.63) is 70.5 Å². The van der Waals surface area contributed by atoms with Crippen LogP contribution in [0.2, 0.25) is 5.02 Å². The number of carbonyl (C=O) groups excluding carboxylic acids is 1. The van der Waals surface area contributed by atoms with Crippen LogP contribution < -0.4 is 5.32 Å². The van der Waals surface area contributed by atoms with E-state index in [4.69, 9.17) is 11.6 Å². The van der Waals surface area contributed by atoms with Gasteiger partial charge in [0.25, 0.3) is 5.91 Å². The molecule has 0 saturated carbocycles. The second-order valence-electron chi connectivity index (χ2n) is 3.82. The largest absolute Gasteiger partial charge is 0.348 e. The molecule has 92 valence electrons. The van der Waals surface area contributed by atoms with Crippen molar-refractivity contribution >= 4 is 17.5 Å². The monoisotopic (exact) mass is 263 g/mol. The highest BCUT2D eigenvalue weighted by atomic mass is 35.5. The predicted octanol–water partition coefficient (Wildman–Crippen LogP) is 3.41. The Morgan fingerprint density at radius 3 is 2.56 bits per heavy atom. The van der Waals surface area contributed by atoms with E-state index in [1.807, 2.05) is 0 Å². The summed E-state index contributed by atoms with van der Waals surface area (Å²) in [6, 6.07) is 12.7.